The third-order valence-electron chi connectivity index (χ3n) is 2.35. The largest absolute Gasteiger partial charge is 0.375 e. The molecule has 1 aromatic heterocycles. The lowest BCUT2D eigenvalue weighted by molar-refractivity contribution is 0.980. The number of hydrogen-bond donors (Lipinski definition) is 1. The van der Waals surface area contributed by atoms with E-state index in [2.05, 4.69) is 36.3 Å². The van der Waals surface area contributed by atoms with Gasteiger partial charge in [-0.05, 0) is 13.3 Å². The maximum Gasteiger partial charge on any atom is 0.125 e. The van der Waals surface area contributed by atoms with Gasteiger partial charge in [0, 0.05) is 12.1 Å². The van der Waals surface area contributed by atoms with Crippen molar-refractivity contribution in [2.24, 2.45) is 0 Å². The average molecular weight is 232 g/mol. The third kappa shape index (κ3) is 2.42. The molecule has 0 saturated heterocycles. The summed E-state index contributed by atoms with van der Waals surface area (Å²) in [6.45, 7) is 5.24. The minimum absolute atomic E-state index is 1.01. The van der Waals surface area contributed by atoms with Gasteiger partial charge in [0.1, 0.15) is 10.0 Å². The van der Waals surface area contributed by atoms with Gasteiger partial charge in [-0.25, -0.2) is 4.98 Å². The van der Waals surface area contributed by atoms with Crippen molar-refractivity contribution in [1.29, 1.82) is 0 Å². The molecule has 0 radical (unpaired) electrons. The number of benzene rings is 1. The van der Waals surface area contributed by atoms with Gasteiger partial charge in [0.25, 0.3) is 0 Å². The Kier molecular flexibility index (Phi) is 3.57. The number of nitrogens with one attached hydrogen (secondary N) is 1. The lowest BCUT2D eigenvalue weighted by Gasteiger charge is -1.99. The van der Waals surface area contributed by atoms with Crippen LogP contribution in [0.3, 0.4) is 0 Å². The van der Waals surface area contributed by atoms with Crippen molar-refractivity contribution in [3.8, 4) is 10.6 Å². The second-order valence-corrected chi connectivity index (χ2v) is 4.73. The van der Waals surface area contributed by atoms with Crippen molar-refractivity contribution in [2.75, 3.05) is 11.9 Å². The van der Waals surface area contributed by atoms with E-state index < -0.39 is 0 Å². The second kappa shape index (κ2) is 5.12. The fourth-order valence-corrected chi connectivity index (χ4v) is 2.50. The highest BCUT2D eigenvalue weighted by Crippen LogP contribution is 2.31. The zero-order valence-electron chi connectivity index (χ0n) is 9.66. The predicted molar refractivity (Wildman–Crippen MR) is 71.1 cm³/mol. The molecule has 2 aromatic rings. The molecule has 0 saturated carbocycles. The topological polar surface area (TPSA) is 24.9 Å². The zero-order valence-corrected chi connectivity index (χ0v) is 10.5. The first kappa shape index (κ1) is 11.1. The Hall–Kier alpha value is -1.35. The monoisotopic (exact) mass is 232 g/mol. The van der Waals surface area contributed by atoms with Crippen LogP contribution in [-0.2, 0) is 0 Å². The van der Waals surface area contributed by atoms with Crippen LogP contribution in [0.4, 0.5) is 5.00 Å². The van der Waals surface area contributed by atoms with Gasteiger partial charge in [0.2, 0.25) is 0 Å². The molecule has 84 valence electrons. The molecule has 1 aromatic carbocycles. The molecule has 0 unspecified atom stereocenters. The van der Waals surface area contributed by atoms with Gasteiger partial charge in [0.05, 0.1) is 5.69 Å². The smallest absolute Gasteiger partial charge is 0.125 e. The first-order valence-corrected chi connectivity index (χ1v) is 6.39. The van der Waals surface area contributed by atoms with Crippen molar-refractivity contribution in [3.05, 3.63) is 36.0 Å². The van der Waals surface area contributed by atoms with E-state index in [0.717, 1.165) is 23.7 Å². The van der Waals surface area contributed by atoms with Crippen molar-refractivity contribution in [2.45, 2.75) is 20.3 Å². The summed E-state index contributed by atoms with van der Waals surface area (Å²) in [4.78, 5) is 4.59. The number of nitrogens with zero attached hydrogens (tertiary/aromatic N) is 1. The quantitative estimate of drug-likeness (QED) is 0.863. The first-order chi connectivity index (χ1) is 7.81. The van der Waals surface area contributed by atoms with Crippen LogP contribution in [0.5, 0.6) is 0 Å². The van der Waals surface area contributed by atoms with E-state index in [1.54, 1.807) is 11.3 Å². The molecule has 0 aliphatic heterocycles. The van der Waals surface area contributed by atoms with Gasteiger partial charge in [0.15, 0.2) is 0 Å². The number of hydrogen-bond acceptors (Lipinski definition) is 3. The summed E-state index contributed by atoms with van der Waals surface area (Å²) in [6, 6.07) is 10.3. The van der Waals surface area contributed by atoms with Crippen LogP contribution in [0.2, 0.25) is 0 Å². The van der Waals surface area contributed by atoms with E-state index in [-0.39, 0.29) is 0 Å². The van der Waals surface area contributed by atoms with E-state index in [9.17, 15) is 0 Å². The van der Waals surface area contributed by atoms with E-state index in [0.29, 0.717) is 0 Å². The molecule has 1 heterocycles. The number of aromatic nitrogens is 1. The molecule has 16 heavy (non-hydrogen) atoms. The number of thiazole rings is 1. The Morgan fingerprint density at radius 1 is 1.25 bits per heavy atom. The zero-order chi connectivity index (χ0) is 11.4. The summed E-state index contributed by atoms with van der Waals surface area (Å²) in [6.07, 6.45) is 1.14. The minimum Gasteiger partial charge on any atom is -0.375 e. The molecule has 2 rings (SSSR count). The van der Waals surface area contributed by atoms with E-state index >= 15 is 0 Å². The van der Waals surface area contributed by atoms with Crippen molar-refractivity contribution in [1.82, 2.24) is 4.98 Å². The molecule has 0 aliphatic carbocycles. The van der Waals surface area contributed by atoms with Crippen LogP contribution < -0.4 is 5.32 Å². The average Bonchev–Trinajstić information content (AvgIpc) is 2.69. The first-order valence-electron chi connectivity index (χ1n) is 5.58. The SMILES string of the molecule is CCCNc1sc(-c2ccccc2)nc1C. The number of rotatable bonds is 4. The Morgan fingerprint density at radius 2 is 2.00 bits per heavy atom. The Balaban J connectivity index is 2.24. The molecule has 3 heteroatoms. The maximum atomic E-state index is 4.59. The number of aryl methyl sites for hydroxylation is 1. The van der Waals surface area contributed by atoms with E-state index in [4.69, 9.17) is 0 Å². The molecule has 0 fully saturated rings. The normalized spacial score (nSPS) is 10.4. The van der Waals surface area contributed by atoms with Gasteiger partial charge in [-0.15, -0.1) is 0 Å². The number of anilines is 1. The fraction of sp³-hybridized carbons (Fsp3) is 0.308. The summed E-state index contributed by atoms with van der Waals surface area (Å²) in [7, 11) is 0. The Labute approximate surface area is 100 Å². The minimum atomic E-state index is 1.01. The van der Waals surface area contributed by atoms with Crippen molar-refractivity contribution >= 4 is 16.3 Å². The molecule has 0 bridgehead atoms. The standard InChI is InChI=1S/C13H16N2S/c1-3-9-14-12-10(2)15-13(16-12)11-7-5-4-6-8-11/h4-8,14H,3,9H2,1-2H3. The highest BCUT2D eigenvalue weighted by atomic mass is 32.1. The van der Waals surface area contributed by atoms with Gasteiger partial charge >= 0.3 is 0 Å². The van der Waals surface area contributed by atoms with E-state index in [1.807, 2.05) is 18.2 Å². The molecular weight excluding hydrogens is 216 g/mol. The summed E-state index contributed by atoms with van der Waals surface area (Å²) in [5.74, 6) is 0. The van der Waals surface area contributed by atoms with Crippen molar-refractivity contribution in [3.63, 3.8) is 0 Å². The van der Waals surface area contributed by atoms with Crippen LogP contribution in [0.1, 0.15) is 19.0 Å². The van der Waals surface area contributed by atoms with Gasteiger partial charge < -0.3 is 5.32 Å². The molecule has 0 spiro atoms. The molecule has 0 aliphatic rings. The van der Waals surface area contributed by atoms with E-state index in [1.165, 1.54) is 10.6 Å². The molecule has 2 nitrogen and oxygen atoms in total. The van der Waals surface area contributed by atoms with Gasteiger partial charge in [-0.2, -0.15) is 0 Å². The lowest BCUT2D eigenvalue weighted by Crippen LogP contribution is -1.98. The lowest BCUT2D eigenvalue weighted by atomic mass is 10.2. The molecule has 0 atom stereocenters. The third-order valence-corrected chi connectivity index (χ3v) is 3.52. The fourth-order valence-electron chi connectivity index (χ4n) is 1.50. The predicted octanol–water partition coefficient (Wildman–Crippen LogP) is 3.94. The van der Waals surface area contributed by atoms with Crippen LogP contribution in [0, 0.1) is 6.92 Å². The highest BCUT2D eigenvalue weighted by Gasteiger charge is 2.07. The summed E-state index contributed by atoms with van der Waals surface area (Å²) in [5.41, 5.74) is 2.29. The van der Waals surface area contributed by atoms with Crippen LogP contribution in [-0.4, -0.2) is 11.5 Å². The Bertz CT molecular complexity index is 448. The van der Waals surface area contributed by atoms with Crippen LogP contribution >= 0.6 is 11.3 Å². The van der Waals surface area contributed by atoms with Crippen LogP contribution in [0.15, 0.2) is 30.3 Å². The summed E-state index contributed by atoms with van der Waals surface area (Å²) < 4.78 is 0. The van der Waals surface area contributed by atoms with Gasteiger partial charge in [-0.3, -0.25) is 0 Å². The Morgan fingerprint density at radius 3 is 2.69 bits per heavy atom. The summed E-state index contributed by atoms with van der Waals surface area (Å²) in [5, 5.41) is 5.70. The maximum absolute atomic E-state index is 4.59. The molecule has 1 N–H and O–H groups in total. The van der Waals surface area contributed by atoms with Crippen molar-refractivity contribution < 1.29 is 0 Å². The van der Waals surface area contributed by atoms with Gasteiger partial charge in [-0.1, -0.05) is 48.6 Å². The van der Waals surface area contributed by atoms with Crippen LogP contribution in [0.25, 0.3) is 10.6 Å². The molecular formula is C13H16N2S. The highest BCUT2D eigenvalue weighted by molar-refractivity contribution is 7.19. The summed E-state index contributed by atoms with van der Waals surface area (Å²) >= 11 is 1.73. The second-order valence-electron chi connectivity index (χ2n) is 3.73. The molecule has 0 amide bonds.